The van der Waals surface area contributed by atoms with E-state index in [0.717, 1.165) is 47.9 Å². The van der Waals surface area contributed by atoms with Crippen molar-refractivity contribution in [1.82, 2.24) is 10.2 Å². The minimum atomic E-state index is -0.996. The number of rotatable bonds is 6. The summed E-state index contributed by atoms with van der Waals surface area (Å²) in [5, 5.41) is 12.5. The lowest BCUT2D eigenvalue weighted by molar-refractivity contribution is -0.152. The lowest BCUT2D eigenvalue weighted by atomic mass is 9.97. The number of ether oxygens (including phenoxy) is 1. The molecule has 2 N–H and O–H groups in total. The number of carbonyl (C=O) groups is 3. The van der Waals surface area contributed by atoms with Crippen LogP contribution in [0.5, 0.6) is 0 Å². The Morgan fingerprint density at radius 3 is 2.17 bits per heavy atom. The molecule has 1 aliphatic carbocycles. The van der Waals surface area contributed by atoms with Crippen LogP contribution >= 0.6 is 0 Å². The highest BCUT2D eigenvalue weighted by Gasteiger charge is 2.36. The Labute approximate surface area is 206 Å². The number of hydrogen-bond acceptors (Lipinski definition) is 4. The summed E-state index contributed by atoms with van der Waals surface area (Å²) < 4.78 is 5.64. The predicted molar refractivity (Wildman–Crippen MR) is 133 cm³/mol. The van der Waals surface area contributed by atoms with Gasteiger partial charge in [0, 0.05) is 12.5 Å². The van der Waals surface area contributed by atoms with E-state index in [4.69, 9.17) is 4.74 Å². The second kappa shape index (κ2) is 10.9. The molecule has 7 heteroatoms. The van der Waals surface area contributed by atoms with Crippen LogP contribution in [0.3, 0.4) is 0 Å². The standard InChI is InChI=1S/C28H34N2O5/c1-18(2)25(26(31)30-16-10-4-3-5-15-24(30)27(32)33)29-28(34)35-17-23-21-13-8-6-11-19(21)20-12-7-9-14-22(20)23/h6-9,11-14,18,23-25H,3-5,10,15-17H2,1-2H3,(H,29,34)(H,32,33)/t24?,25-/m0/s1. The van der Waals surface area contributed by atoms with Crippen LogP contribution in [0.25, 0.3) is 11.1 Å². The van der Waals surface area contributed by atoms with Crippen LogP contribution < -0.4 is 5.32 Å². The van der Waals surface area contributed by atoms with Crippen LogP contribution in [0.15, 0.2) is 48.5 Å². The molecule has 4 rings (SSSR count). The Morgan fingerprint density at radius 2 is 1.57 bits per heavy atom. The first-order valence-electron chi connectivity index (χ1n) is 12.5. The first kappa shape index (κ1) is 24.8. The van der Waals surface area contributed by atoms with Crippen molar-refractivity contribution in [3.05, 3.63) is 59.7 Å². The molecule has 0 spiro atoms. The van der Waals surface area contributed by atoms with E-state index in [1.54, 1.807) is 0 Å². The number of likely N-dealkylation sites (tertiary alicyclic amines) is 1. The molecule has 2 aliphatic rings. The number of amides is 2. The number of carbonyl (C=O) groups excluding carboxylic acids is 2. The molecular formula is C28H34N2O5. The van der Waals surface area contributed by atoms with Gasteiger partial charge in [0.1, 0.15) is 18.7 Å². The van der Waals surface area contributed by atoms with Gasteiger partial charge in [-0.05, 0) is 41.0 Å². The van der Waals surface area contributed by atoms with Gasteiger partial charge in [-0.25, -0.2) is 9.59 Å². The molecule has 2 atom stereocenters. The zero-order chi connectivity index (χ0) is 24.9. The molecule has 0 bridgehead atoms. The maximum absolute atomic E-state index is 13.4. The maximum atomic E-state index is 13.4. The average Bonchev–Trinajstić information content (AvgIpc) is 3.14. The monoisotopic (exact) mass is 478 g/mol. The minimum Gasteiger partial charge on any atom is -0.480 e. The minimum absolute atomic E-state index is 0.0768. The maximum Gasteiger partial charge on any atom is 0.407 e. The third-order valence-electron chi connectivity index (χ3n) is 7.12. The highest BCUT2D eigenvalue weighted by molar-refractivity contribution is 5.89. The quantitative estimate of drug-likeness (QED) is 0.622. The van der Waals surface area contributed by atoms with Gasteiger partial charge in [0.25, 0.3) is 0 Å². The molecule has 1 unspecified atom stereocenters. The Kier molecular flexibility index (Phi) is 7.73. The van der Waals surface area contributed by atoms with Crippen molar-refractivity contribution in [1.29, 1.82) is 0 Å². The average molecular weight is 479 g/mol. The van der Waals surface area contributed by atoms with Gasteiger partial charge >= 0.3 is 12.1 Å². The van der Waals surface area contributed by atoms with Gasteiger partial charge in [-0.1, -0.05) is 81.6 Å². The van der Waals surface area contributed by atoms with Crippen molar-refractivity contribution in [3.63, 3.8) is 0 Å². The molecule has 1 fully saturated rings. The number of alkyl carbamates (subject to hydrolysis) is 1. The number of benzene rings is 2. The fraction of sp³-hybridized carbons (Fsp3) is 0.464. The second-order valence-electron chi connectivity index (χ2n) is 9.78. The van der Waals surface area contributed by atoms with Crippen molar-refractivity contribution in [2.75, 3.05) is 13.2 Å². The summed E-state index contributed by atoms with van der Waals surface area (Å²) in [6.45, 7) is 4.21. The Hall–Kier alpha value is -3.35. The van der Waals surface area contributed by atoms with Crippen molar-refractivity contribution >= 4 is 18.0 Å². The normalized spacial score (nSPS) is 18.7. The predicted octanol–water partition coefficient (Wildman–Crippen LogP) is 4.80. The van der Waals surface area contributed by atoms with Crippen LogP contribution in [0.1, 0.15) is 63.0 Å². The van der Waals surface area contributed by atoms with Gasteiger partial charge in [-0.15, -0.1) is 0 Å². The van der Waals surface area contributed by atoms with E-state index < -0.39 is 24.1 Å². The van der Waals surface area contributed by atoms with Crippen LogP contribution in [-0.4, -0.2) is 53.2 Å². The fourth-order valence-corrected chi connectivity index (χ4v) is 5.26. The number of nitrogens with one attached hydrogen (secondary N) is 1. The zero-order valence-electron chi connectivity index (χ0n) is 20.4. The van der Waals surface area contributed by atoms with E-state index in [1.807, 2.05) is 38.1 Å². The molecule has 7 nitrogen and oxygen atoms in total. The highest BCUT2D eigenvalue weighted by atomic mass is 16.5. The molecule has 35 heavy (non-hydrogen) atoms. The number of carboxylic acid groups (broad SMARTS) is 1. The van der Waals surface area contributed by atoms with Crippen molar-refractivity contribution in [2.45, 2.75) is 64.0 Å². The van der Waals surface area contributed by atoms with Crippen LogP contribution in [0.4, 0.5) is 4.79 Å². The number of nitrogens with zero attached hydrogens (tertiary/aromatic N) is 1. The summed E-state index contributed by atoms with van der Waals surface area (Å²) in [5.41, 5.74) is 4.51. The van der Waals surface area contributed by atoms with E-state index in [-0.39, 0.29) is 24.3 Å². The van der Waals surface area contributed by atoms with E-state index in [9.17, 15) is 19.5 Å². The van der Waals surface area contributed by atoms with Crippen molar-refractivity contribution in [3.8, 4) is 11.1 Å². The number of aliphatic carboxylic acids is 1. The summed E-state index contributed by atoms with van der Waals surface area (Å²) in [6, 6.07) is 14.5. The summed E-state index contributed by atoms with van der Waals surface area (Å²) in [6.07, 6.45) is 3.21. The summed E-state index contributed by atoms with van der Waals surface area (Å²) >= 11 is 0. The number of carboxylic acids is 1. The Balaban J connectivity index is 1.45. The van der Waals surface area contributed by atoms with Crippen molar-refractivity contribution in [2.24, 2.45) is 5.92 Å². The lowest BCUT2D eigenvalue weighted by Crippen LogP contribution is -2.56. The van der Waals surface area contributed by atoms with Crippen LogP contribution in [-0.2, 0) is 14.3 Å². The fourth-order valence-electron chi connectivity index (χ4n) is 5.26. The third-order valence-corrected chi connectivity index (χ3v) is 7.12. The van der Waals surface area contributed by atoms with Gasteiger partial charge in [0.15, 0.2) is 0 Å². The van der Waals surface area contributed by atoms with E-state index in [0.29, 0.717) is 13.0 Å². The summed E-state index contributed by atoms with van der Waals surface area (Å²) in [5.74, 6) is -1.65. The zero-order valence-corrected chi connectivity index (χ0v) is 20.4. The summed E-state index contributed by atoms with van der Waals surface area (Å²) in [7, 11) is 0. The lowest BCUT2D eigenvalue weighted by Gasteiger charge is -2.35. The van der Waals surface area contributed by atoms with E-state index in [2.05, 4.69) is 29.6 Å². The second-order valence-corrected chi connectivity index (χ2v) is 9.78. The van der Waals surface area contributed by atoms with Crippen LogP contribution in [0, 0.1) is 5.92 Å². The Bertz CT molecular complexity index is 1040. The van der Waals surface area contributed by atoms with Gasteiger partial charge in [0.2, 0.25) is 5.91 Å². The van der Waals surface area contributed by atoms with Gasteiger partial charge < -0.3 is 20.1 Å². The van der Waals surface area contributed by atoms with E-state index >= 15 is 0 Å². The van der Waals surface area contributed by atoms with Crippen molar-refractivity contribution < 1.29 is 24.2 Å². The molecule has 0 radical (unpaired) electrons. The Morgan fingerprint density at radius 1 is 0.971 bits per heavy atom. The molecule has 2 aromatic rings. The summed E-state index contributed by atoms with van der Waals surface area (Å²) in [4.78, 5) is 39.6. The molecule has 0 aromatic heterocycles. The molecule has 186 valence electrons. The SMILES string of the molecule is CC(C)[C@H](NC(=O)OCC1c2ccccc2-c2ccccc21)C(=O)N1CCCCCCC1C(=O)O. The largest absolute Gasteiger partial charge is 0.480 e. The first-order chi connectivity index (χ1) is 16.9. The number of fused-ring (bicyclic) bond motifs is 3. The van der Waals surface area contributed by atoms with Gasteiger partial charge in [0.05, 0.1) is 0 Å². The first-order valence-corrected chi connectivity index (χ1v) is 12.5. The number of hydrogen-bond donors (Lipinski definition) is 2. The van der Waals surface area contributed by atoms with Crippen LogP contribution in [0.2, 0.25) is 0 Å². The molecule has 1 heterocycles. The third kappa shape index (κ3) is 5.34. The van der Waals surface area contributed by atoms with Gasteiger partial charge in [-0.3, -0.25) is 4.79 Å². The smallest absolute Gasteiger partial charge is 0.407 e. The molecule has 1 saturated heterocycles. The van der Waals surface area contributed by atoms with Gasteiger partial charge in [-0.2, -0.15) is 0 Å². The molecule has 2 aromatic carbocycles. The highest BCUT2D eigenvalue weighted by Crippen LogP contribution is 2.44. The molecular weight excluding hydrogens is 444 g/mol. The molecule has 1 aliphatic heterocycles. The molecule has 0 saturated carbocycles. The topological polar surface area (TPSA) is 95.9 Å². The molecule has 2 amide bonds. The van der Waals surface area contributed by atoms with E-state index in [1.165, 1.54) is 4.90 Å².